The van der Waals surface area contributed by atoms with E-state index in [1.165, 1.54) is 28.7 Å². The summed E-state index contributed by atoms with van der Waals surface area (Å²) in [6, 6.07) is 10.4. The van der Waals surface area contributed by atoms with Crippen LogP contribution >= 0.6 is 11.3 Å². The maximum atomic E-state index is 12.2. The van der Waals surface area contributed by atoms with Crippen LogP contribution in [-0.4, -0.2) is 18.0 Å². The molecule has 1 aromatic carbocycles. The molecule has 0 aliphatic heterocycles. The van der Waals surface area contributed by atoms with Crippen LogP contribution in [0.2, 0.25) is 0 Å². The van der Waals surface area contributed by atoms with Gasteiger partial charge in [-0.25, -0.2) is 4.79 Å². The van der Waals surface area contributed by atoms with Gasteiger partial charge < -0.3 is 10.1 Å². The third-order valence-corrected chi connectivity index (χ3v) is 5.08. The van der Waals surface area contributed by atoms with Crippen molar-refractivity contribution in [3.63, 3.8) is 0 Å². The van der Waals surface area contributed by atoms with E-state index in [4.69, 9.17) is 10.00 Å². The molecule has 122 valence electrons. The number of carbonyl (C=O) groups is 2. The molecule has 1 amide bonds. The van der Waals surface area contributed by atoms with Crippen molar-refractivity contribution in [2.24, 2.45) is 0 Å². The van der Waals surface area contributed by atoms with Crippen LogP contribution in [0.25, 0.3) is 0 Å². The van der Waals surface area contributed by atoms with Gasteiger partial charge in [-0.3, -0.25) is 4.79 Å². The Kier molecular flexibility index (Phi) is 4.63. The maximum absolute atomic E-state index is 12.2. The highest BCUT2D eigenvalue weighted by Gasteiger charge is 2.23. The number of nitrogens with zero attached hydrogens (tertiary/aromatic N) is 1. The number of aryl methyl sites for hydroxylation is 2. The fraction of sp³-hybridized carbons (Fsp3) is 0.278. The van der Waals surface area contributed by atoms with E-state index in [2.05, 4.69) is 5.32 Å². The number of carbonyl (C=O) groups excluding carboxylic acids is 2. The zero-order chi connectivity index (χ0) is 17.1. The Bertz CT molecular complexity index is 814. The lowest BCUT2D eigenvalue weighted by Gasteiger charge is -2.13. The number of nitrogens with one attached hydrogen (secondary N) is 1. The van der Waals surface area contributed by atoms with E-state index < -0.39 is 18.0 Å². The summed E-state index contributed by atoms with van der Waals surface area (Å²) in [5.74, 6) is -0.898. The zero-order valence-corrected chi connectivity index (χ0v) is 14.0. The maximum Gasteiger partial charge on any atom is 0.349 e. The molecule has 0 radical (unpaired) electrons. The Morgan fingerprint density at radius 1 is 1.33 bits per heavy atom. The van der Waals surface area contributed by atoms with Gasteiger partial charge in [0.05, 0.1) is 11.6 Å². The van der Waals surface area contributed by atoms with E-state index in [1.807, 2.05) is 12.1 Å². The van der Waals surface area contributed by atoms with Gasteiger partial charge in [0.2, 0.25) is 0 Å². The van der Waals surface area contributed by atoms with Crippen LogP contribution in [0, 0.1) is 11.3 Å². The topological polar surface area (TPSA) is 79.2 Å². The monoisotopic (exact) mass is 340 g/mol. The number of hydrogen-bond donors (Lipinski definition) is 1. The molecule has 5 nitrogen and oxygen atoms in total. The summed E-state index contributed by atoms with van der Waals surface area (Å²) >= 11 is 1.45. The smallest absolute Gasteiger partial charge is 0.349 e. The molecule has 0 saturated heterocycles. The highest BCUT2D eigenvalue weighted by Crippen LogP contribution is 2.31. The van der Waals surface area contributed by atoms with Crippen LogP contribution in [0.15, 0.2) is 30.3 Å². The van der Waals surface area contributed by atoms with Gasteiger partial charge in [-0.1, -0.05) is 6.07 Å². The number of esters is 1. The van der Waals surface area contributed by atoms with E-state index >= 15 is 0 Å². The van der Waals surface area contributed by atoms with Crippen molar-refractivity contribution in [2.75, 3.05) is 5.32 Å². The van der Waals surface area contributed by atoms with Gasteiger partial charge in [-0.05, 0) is 56.0 Å². The molecule has 1 aliphatic carbocycles. The molecule has 1 aromatic heterocycles. The van der Waals surface area contributed by atoms with Crippen LogP contribution in [0.5, 0.6) is 0 Å². The van der Waals surface area contributed by atoms with Gasteiger partial charge in [0.1, 0.15) is 4.88 Å². The van der Waals surface area contributed by atoms with E-state index in [1.54, 1.807) is 24.3 Å². The Labute approximate surface area is 143 Å². The second kappa shape index (κ2) is 6.85. The van der Waals surface area contributed by atoms with Gasteiger partial charge >= 0.3 is 5.97 Å². The Morgan fingerprint density at radius 3 is 2.92 bits per heavy atom. The number of anilines is 1. The molecule has 1 N–H and O–H groups in total. The minimum Gasteiger partial charge on any atom is -0.448 e. The number of rotatable bonds is 4. The average Bonchev–Trinajstić information content (AvgIpc) is 3.16. The van der Waals surface area contributed by atoms with Crippen LogP contribution in [0.1, 0.15) is 39.0 Å². The minimum atomic E-state index is -0.916. The summed E-state index contributed by atoms with van der Waals surface area (Å²) in [6.45, 7) is 1.53. The Morgan fingerprint density at radius 2 is 2.17 bits per heavy atom. The zero-order valence-electron chi connectivity index (χ0n) is 13.2. The number of amides is 1. The highest BCUT2D eigenvalue weighted by molar-refractivity contribution is 7.14. The van der Waals surface area contributed by atoms with Crippen molar-refractivity contribution >= 4 is 28.9 Å². The Hall–Kier alpha value is -2.65. The first-order chi connectivity index (χ1) is 11.6. The number of fused-ring (bicyclic) bond motifs is 1. The van der Waals surface area contributed by atoms with Crippen molar-refractivity contribution in [1.82, 2.24) is 0 Å². The van der Waals surface area contributed by atoms with Crippen LogP contribution in [-0.2, 0) is 22.4 Å². The second-order valence-electron chi connectivity index (χ2n) is 5.64. The molecule has 1 atom stereocenters. The van der Waals surface area contributed by atoms with Crippen molar-refractivity contribution in [2.45, 2.75) is 32.3 Å². The molecule has 2 aromatic rings. The van der Waals surface area contributed by atoms with Crippen molar-refractivity contribution in [1.29, 1.82) is 5.26 Å². The molecule has 6 heteroatoms. The lowest BCUT2D eigenvalue weighted by molar-refractivity contribution is -0.123. The third-order valence-electron chi connectivity index (χ3n) is 3.86. The quantitative estimate of drug-likeness (QED) is 0.866. The summed E-state index contributed by atoms with van der Waals surface area (Å²) in [7, 11) is 0. The van der Waals surface area contributed by atoms with Gasteiger partial charge in [-0.2, -0.15) is 5.26 Å². The fourth-order valence-electron chi connectivity index (χ4n) is 2.61. The molecular weight excluding hydrogens is 324 g/mol. The molecule has 0 bridgehead atoms. The predicted octanol–water partition coefficient (Wildman–Crippen LogP) is 3.29. The van der Waals surface area contributed by atoms with Gasteiger partial charge in [0, 0.05) is 10.6 Å². The first kappa shape index (κ1) is 16.2. The normalized spacial score (nSPS) is 13.7. The molecule has 1 heterocycles. The molecule has 24 heavy (non-hydrogen) atoms. The highest BCUT2D eigenvalue weighted by atomic mass is 32.1. The fourth-order valence-corrected chi connectivity index (χ4v) is 3.75. The average molecular weight is 340 g/mol. The molecule has 0 fully saturated rings. The summed E-state index contributed by atoms with van der Waals surface area (Å²) in [4.78, 5) is 26.1. The molecule has 1 aliphatic rings. The first-order valence-corrected chi connectivity index (χ1v) is 8.52. The number of hydrogen-bond acceptors (Lipinski definition) is 5. The van der Waals surface area contributed by atoms with E-state index in [-0.39, 0.29) is 0 Å². The van der Waals surface area contributed by atoms with Crippen LogP contribution in [0.4, 0.5) is 5.69 Å². The third kappa shape index (κ3) is 3.47. The number of thiophene rings is 1. The van der Waals surface area contributed by atoms with Crippen LogP contribution < -0.4 is 5.32 Å². The summed E-state index contributed by atoms with van der Waals surface area (Å²) in [6.07, 6.45) is 2.24. The largest absolute Gasteiger partial charge is 0.448 e. The standard InChI is InChI=1S/C18H16N2O3S/c1-11(17(21)20-14-6-2-4-12(8-14)10-19)23-18(22)16-9-13-5-3-7-15(13)24-16/h2,4,6,8-9,11H,3,5,7H2,1H3,(H,20,21)/t11-/m0/s1. The van der Waals surface area contributed by atoms with E-state index in [0.29, 0.717) is 16.1 Å². The summed E-state index contributed by atoms with van der Waals surface area (Å²) in [5, 5.41) is 11.5. The molecule has 0 saturated carbocycles. The Balaban J connectivity index is 1.61. The molecular formula is C18H16N2O3S. The number of ether oxygens (including phenoxy) is 1. The number of benzene rings is 1. The van der Waals surface area contributed by atoms with Gasteiger partial charge in [0.15, 0.2) is 6.10 Å². The van der Waals surface area contributed by atoms with Crippen molar-refractivity contribution in [3.05, 3.63) is 51.2 Å². The van der Waals surface area contributed by atoms with Gasteiger partial charge in [0.25, 0.3) is 5.91 Å². The van der Waals surface area contributed by atoms with Crippen LogP contribution in [0.3, 0.4) is 0 Å². The molecule has 0 unspecified atom stereocenters. The minimum absolute atomic E-state index is 0.428. The second-order valence-corrected chi connectivity index (χ2v) is 6.78. The molecule has 3 rings (SSSR count). The van der Waals surface area contributed by atoms with Gasteiger partial charge in [-0.15, -0.1) is 11.3 Å². The van der Waals surface area contributed by atoms with E-state index in [9.17, 15) is 9.59 Å². The molecule has 0 spiro atoms. The van der Waals surface area contributed by atoms with Crippen molar-refractivity contribution < 1.29 is 14.3 Å². The number of nitriles is 1. The summed E-state index contributed by atoms with van der Waals surface area (Å²) < 4.78 is 5.26. The SMILES string of the molecule is C[C@H](OC(=O)c1cc2c(s1)CCC2)C(=O)Nc1cccc(C#N)c1. The predicted molar refractivity (Wildman–Crippen MR) is 91.0 cm³/mol. The first-order valence-electron chi connectivity index (χ1n) is 7.70. The van der Waals surface area contributed by atoms with Crippen molar-refractivity contribution in [3.8, 4) is 6.07 Å². The lowest BCUT2D eigenvalue weighted by Crippen LogP contribution is -2.29. The summed E-state index contributed by atoms with van der Waals surface area (Å²) in [5.41, 5.74) is 2.17. The van der Waals surface area contributed by atoms with E-state index in [0.717, 1.165) is 19.3 Å². The lowest BCUT2D eigenvalue weighted by atomic mass is 10.2.